The van der Waals surface area contributed by atoms with Gasteiger partial charge < -0.3 is 9.72 Å². The van der Waals surface area contributed by atoms with E-state index in [4.69, 9.17) is 4.74 Å². The van der Waals surface area contributed by atoms with Gasteiger partial charge in [-0.3, -0.25) is 9.69 Å². The highest BCUT2D eigenvalue weighted by Crippen LogP contribution is 2.50. The van der Waals surface area contributed by atoms with Gasteiger partial charge in [-0.15, -0.1) is 0 Å². The van der Waals surface area contributed by atoms with Crippen LogP contribution in [0.5, 0.6) is 0 Å². The number of piperidine rings is 1. The first-order chi connectivity index (χ1) is 12.7. The first-order valence-electron chi connectivity index (χ1n) is 10.1. The Labute approximate surface area is 154 Å². The number of nitrogens with one attached hydrogen (secondary N) is 1. The van der Waals surface area contributed by atoms with Crippen molar-refractivity contribution in [1.82, 2.24) is 9.88 Å². The fraction of sp³-hybridized carbons (Fsp3) is 0.591. The average Bonchev–Trinajstić information content (AvgIpc) is 3.05. The van der Waals surface area contributed by atoms with E-state index in [0.29, 0.717) is 23.8 Å². The SMILES string of the molecule is COC(=O)C1C(C)CC[C@H]2CN3CCc4c([nH]c5ccccc45)[C@@H]3C[C@H]12. The van der Waals surface area contributed by atoms with Crippen LogP contribution in [0.3, 0.4) is 0 Å². The summed E-state index contributed by atoms with van der Waals surface area (Å²) in [6.07, 6.45) is 4.61. The summed E-state index contributed by atoms with van der Waals surface area (Å²) < 4.78 is 5.20. The highest BCUT2D eigenvalue weighted by atomic mass is 16.5. The summed E-state index contributed by atoms with van der Waals surface area (Å²) in [5.41, 5.74) is 4.15. The molecule has 1 saturated heterocycles. The predicted molar refractivity (Wildman–Crippen MR) is 102 cm³/mol. The number of benzene rings is 1. The molecule has 1 aliphatic carbocycles. The number of nitrogens with zero attached hydrogens (tertiary/aromatic N) is 1. The Bertz CT molecular complexity index is 842. The molecular weight excluding hydrogens is 324 g/mol. The first-order valence-corrected chi connectivity index (χ1v) is 10.1. The van der Waals surface area contributed by atoms with Crippen molar-refractivity contribution in [2.45, 2.75) is 38.6 Å². The number of esters is 1. The molecule has 2 aromatic rings. The molecule has 2 unspecified atom stereocenters. The zero-order chi connectivity index (χ0) is 17.8. The Morgan fingerprint density at radius 2 is 2.12 bits per heavy atom. The van der Waals surface area contributed by atoms with Crippen LogP contribution in [0.15, 0.2) is 24.3 Å². The van der Waals surface area contributed by atoms with Crippen molar-refractivity contribution in [3.05, 3.63) is 35.5 Å². The first kappa shape index (κ1) is 16.4. The lowest BCUT2D eigenvalue weighted by Crippen LogP contribution is -2.51. The molecule has 1 aromatic heterocycles. The van der Waals surface area contributed by atoms with E-state index < -0.39 is 0 Å². The molecule has 2 aliphatic heterocycles. The number of H-pyrrole nitrogens is 1. The number of aromatic nitrogens is 1. The summed E-state index contributed by atoms with van der Waals surface area (Å²) in [7, 11) is 1.55. The number of fused-ring (bicyclic) bond motifs is 6. The van der Waals surface area contributed by atoms with E-state index in [1.165, 1.54) is 28.6 Å². The summed E-state index contributed by atoms with van der Waals surface area (Å²) in [6.45, 7) is 4.50. The van der Waals surface area contributed by atoms with E-state index in [2.05, 4.69) is 41.1 Å². The number of rotatable bonds is 1. The smallest absolute Gasteiger partial charge is 0.309 e. The molecule has 0 spiro atoms. The molecule has 1 saturated carbocycles. The largest absolute Gasteiger partial charge is 0.469 e. The highest BCUT2D eigenvalue weighted by Gasteiger charge is 2.48. The molecule has 0 radical (unpaired) electrons. The molecule has 26 heavy (non-hydrogen) atoms. The minimum absolute atomic E-state index is 0.00771. The summed E-state index contributed by atoms with van der Waals surface area (Å²) in [6, 6.07) is 9.09. The number of hydrogen-bond donors (Lipinski definition) is 1. The van der Waals surface area contributed by atoms with Gasteiger partial charge in [-0.05, 0) is 55.1 Å². The van der Waals surface area contributed by atoms with Crippen molar-refractivity contribution >= 4 is 16.9 Å². The van der Waals surface area contributed by atoms with Gasteiger partial charge in [0.1, 0.15) is 0 Å². The monoisotopic (exact) mass is 352 g/mol. The van der Waals surface area contributed by atoms with Crippen LogP contribution in [0.1, 0.15) is 43.5 Å². The van der Waals surface area contributed by atoms with Crippen LogP contribution in [-0.2, 0) is 16.0 Å². The standard InChI is InChI=1S/C22H28N2O2/c1-13-7-8-14-12-24-10-9-16-15-5-3-4-6-18(15)23-21(16)19(24)11-17(14)20(13)22(25)26-2/h3-6,13-14,17,19-20,23H,7-12H2,1-2H3/t13?,14-,17-,19-,20?/m0/s1. The molecule has 138 valence electrons. The molecule has 4 nitrogen and oxygen atoms in total. The van der Waals surface area contributed by atoms with Crippen LogP contribution in [0.25, 0.3) is 10.9 Å². The number of ether oxygens (including phenoxy) is 1. The summed E-state index contributed by atoms with van der Waals surface area (Å²) in [4.78, 5) is 18.9. The highest BCUT2D eigenvalue weighted by molar-refractivity contribution is 5.85. The van der Waals surface area contributed by atoms with Gasteiger partial charge >= 0.3 is 5.97 Å². The van der Waals surface area contributed by atoms with Gasteiger partial charge in [-0.25, -0.2) is 0 Å². The number of methoxy groups -OCH3 is 1. The van der Waals surface area contributed by atoms with Gasteiger partial charge in [0.25, 0.3) is 0 Å². The maximum atomic E-state index is 12.5. The van der Waals surface area contributed by atoms with Gasteiger partial charge in [0.05, 0.1) is 19.1 Å². The second-order valence-electron chi connectivity index (χ2n) is 8.59. The summed E-state index contributed by atoms with van der Waals surface area (Å²) in [5, 5.41) is 1.38. The van der Waals surface area contributed by atoms with Crippen molar-refractivity contribution in [2.24, 2.45) is 23.7 Å². The lowest BCUT2D eigenvalue weighted by atomic mass is 9.62. The fourth-order valence-electron chi connectivity index (χ4n) is 6.11. The van der Waals surface area contributed by atoms with Gasteiger partial charge in [0, 0.05) is 29.7 Å². The van der Waals surface area contributed by atoms with E-state index in [-0.39, 0.29) is 11.9 Å². The molecule has 1 N–H and O–H groups in total. The fourth-order valence-corrected chi connectivity index (χ4v) is 6.11. The molecular formula is C22H28N2O2. The second-order valence-corrected chi connectivity index (χ2v) is 8.59. The minimum atomic E-state index is 0.00771. The Morgan fingerprint density at radius 1 is 1.27 bits per heavy atom. The third-order valence-corrected chi connectivity index (χ3v) is 7.38. The second kappa shape index (κ2) is 6.12. The topological polar surface area (TPSA) is 45.3 Å². The van der Waals surface area contributed by atoms with Crippen LogP contribution >= 0.6 is 0 Å². The Balaban J connectivity index is 1.52. The predicted octanol–water partition coefficient (Wildman–Crippen LogP) is 3.92. The number of para-hydroxylation sites is 1. The van der Waals surface area contributed by atoms with Crippen molar-refractivity contribution in [2.75, 3.05) is 20.2 Å². The van der Waals surface area contributed by atoms with Crippen molar-refractivity contribution in [1.29, 1.82) is 0 Å². The Kier molecular flexibility index (Phi) is 3.85. The Morgan fingerprint density at radius 3 is 2.96 bits per heavy atom. The van der Waals surface area contributed by atoms with Gasteiger partial charge in [-0.1, -0.05) is 25.1 Å². The minimum Gasteiger partial charge on any atom is -0.469 e. The molecule has 1 aromatic carbocycles. The molecule has 0 amide bonds. The zero-order valence-electron chi connectivity index (χ0n) is 15.7. The molecule has 3 heterocycles. The van der Waals surface area contributed by atoms with Crippen LogP contribution in [-0.4, -0.2) is 36.1 Å². The molecule has 4 heteroatoms. The maximum absolute atomic E-state index is 12.5. The Hall–Kier alpha value is -1.81. The van der Waals surface area contributed by atoms with Crippen molar-refractivity contribution in [3.8, 4) is 0 Å². The van der Waals surface area contributed by atoms with Crippen molar-refractivity contribution in [3.63, 3.8) is 0 Å². The van der Waals surface area contributed by atoms with Gasteiger partial charge in [0.15, 0.2) is 0 Å². The zero-order valence-corrected chi connectivity index (χ0v) is 15.7. The maximum Gasteiger partial charge on any atom is 0.309 e. The lowest BCUT2D eigenvalue weighted by Gasteiger charge is -2.51. The number of carbonyl (C=O) groups is 1. The van der Waals surface area contributed by atoms with Crippen molar-refractivity contribution < 1.29 is 9.53 Å². The van der Waals surface area contributed by atoms with Crippen LogP contribution in [0.2, 0.25) is 0 Å². The molecule has 5 rings (SSSR count). The quantitative estimate of drug-likeness (QED) is 0.791. The van der Waals surface area contributed by atoms with E-state index in [1.807, 2.05) is 0 Å². The van der Waals surface area contributed by atoms with E-state index >= 15 is 0 Å². The number of carbonyl (C=O) groups excluding carboxylic acids is 1. The van der Waals surface area contributed by atoms with Crippen LogP contribution in [0.4, 0.5) is 0 Å². The van der Waals surface area contributed by atoms with E-state index in [1.54, 1.807) is 7.11 Å². The number of aromatic amines is 1. The molecule has 0 bridgehead atoms. The molecule has 5 atom stereocenters. The summed E-state index contributed by atoms with van der Waals surface area (Å²) in [5.74, 6) is 1.59. The number of hydrogen-bond acceptors (Lipinski definition) is 3. The van der Waals surface area contributed by atoms with E-state index in [9.17, 15) is 4.79 Å². The third kappa shape index (κ3) is 2.34. The molecule has 3 aliphatic rings. The average molecular weight is 352 g/mol. The van der Waals surface area contributed by atoms with Gasteiger partial charge in [0.2, 0.25) is 0 Å². The van der Waals surface area contributed by atoms with Gasteiger partial charge in [-0.2, -0.15) is 0 Å². The normalized spacial score (nSPS) is 34.0. The summed E-state index contributed by atoms with van der Waals surface area (Å²) >= 11 is 0. The van der Waals surface area contributed by atoms with Crippen LogP contribution < -0.4 is 0 Å². The van der Waals surface area contributed by atoms with Crippen LogP contribution in [0, 0.1) is 23.7 Å². The van der Waals surface area contributed by atoms with E-state index in [0.717, 1.165) is 32.4 Å². The third-order valence-electron chi connectivity index (χ3n) is 7.38. The molecule has 2 fully saturated rings. The lowest BCUT2D eigenvalue weighted by molar-refractivity contribution is -0.155.